The van der Waals surface area contributed by atoms with Crippen LogP contribution in [0, 0.1) is 6.92 Å². The van der Waals surface area contributed by atoms with Gasteiger partial charge < -0.3 is 0 Å². The number of thiophene rings is 1. The molecule has 0 fully saturated rings. The summed E-state index contributed by atoms with van der Waals surface area (Å²) in [6.07, 6.45) is 3.45. The second kappa shape index (κ2) is 5.72. The molecule has 0 aliphatic carbocycles. The van der Waals surface area contributed by atoms with Crippen molar-refractivity contribution in [3.05, 3.63) is 64.9 Å². The zero-order chi connectivity index (χ0) is 15.8. The predicted octanol–water partition coefficient (Wildman–Crippen LogP) is 5.38. The maximum Gasteiger partial charge on any atom is 0.162 e. The Morgan fingerprint density at radius 1 is 0.913 bits per heavy atom. The Morgan fingerprint density at radius 2 is 1.65 bits per heavy atom. The summed E-state index contributed by atoms with van der Waals surface area (Å²) in [6.45, 7) is 2.08. The molecule has 0 atom stereocenters. The second-order valence-corrected chi connectivity index (χ2v) is 6.49. The first kappa shape index (κ1) is 14.3. The third-order valence-electron chi connectivity index (χ3n) is 3.69. The number of benzene rings is 1. The van der Waals surface area contributed by atoms with Gasteiger partial charge in [0.2, 0.25) is 0 Å². The Bertz CT molecular complexity index is 979. The highest BCUT2D eigenvalue weighted by atomic mass is 35.5. The molecule has 3 nitrogen and oxygen atoms in total. The summed E-state index contributed by atoms with van der Waals surface area (Å²) in [5.41, 5.74) is 4.35. The molecule has 0 amide bonds. The van der Waals surface area contributed by atoms with E-state index in [0.29, 0.717) is 11.0 Å². The second-order valence-electron chi connectivity index (χ2n) is 5.27. The Labute approximate surface area is 142 Å². The quantitative estimate of drug-likeness (QED) is 0.461. The first-order valence-electron chi connectivity index (χ1n) is 7.14. The Morgan fingerprint density at radius 3 is 2.39 bits per heavy atom. The van der Waals surface area contributed by atoms with E-state index in [1.807, 2.05) is 12.1 Å². The van der Waals surface area contributed by atoms with Crippen LogP contribution in [-0.4, -0.2) is 15.0 Å². The number of pyridine rings is 1. The van der Waals surface area contributed by atoms with Crippen LogP contribution >= 0.6 is 22.9 Å². The molecule has 0 N–H and O–H groups in total. The molecule has 0 saturated carbocycles. The molecule has 5 heteroatoms. The summed E-state index contributed by atoms with van der Waals surface area (Å²) in [5, 5.41) is 3.49. The molecule has 23 heavy (non-hydrogen) atoms. The number of hydrogen-bond donors (Lipinski definition) is 0. The average Bonchev–Trinajstić information content (AvgIpc) is 3.01. The maximum atomic E-state index is 6.48. The summed E-state index contributed by atoms with van der Waals surface area (Å²) in [4.78, 5) is 14.1. The summed E-state index contributed by atoms with van der Waals surface area (Å²) in [5.74, 6) is 0.627. The van der Waals surface area contributed by atoms with Crippen molar-refractivity contribution in [2.24, 2.45) is 0 Å². The van der Waals surface area contributed by atoms with Gasteiger partial charge in [0.25, 0.3) is 0 Å². The fourth-order valence-electron chi connectivity index (χ4n) is 2.48. The standard InChI is InChI=1S/C18H12ClN3S/c1-11-2-4-12(5-3-11)14-10-23-18-15(14)16(19)21-17(22-18)13-6-8-20-9-7-13/h2-10H,1H3. The highest BCUT2D eigenvalue weighted by molar-refractivity contribution is 7.17. The predicted molar refractivity (Wildman–Crippen MR) is 95.8 cm³/mol. The zero-order valence-corrected chi connectivity index (χ0v) is 13.9. The molecule has 112 valence electrons. The average molecular weight is 338 g/mol. The Kier molecular flexibility index (Phi) is 3.56. The van der Waals surface area contributed by atoms with Crippen molar-refractivity contribution in [1.29, 1.82) is 0 Å². The lowest BCUT2D eigenvalue weighted by atomic mass is 10.1. The molecule has 0 radical (unpaired) electrons. The van der Waals surface area contributed by atoms with Gasteiger partial charge in [0.05, 0.1) is 5.39 Å². The van der Waals surface area contributed by atoms with Crippen LogP contribution in [0.2, 0.25) is 5.15 Å². The molecule has 0 bridgehead atoms. The van der Waals surface area contributed by atoms with E-state index in [-0.39, 0.29) is 0 Å². The molecule has 3 aromatic heterocycles. The number of aryl methyl sites for hydroxylation is 1. The molecule has 0 unspecified atom stereocenters. The van der Waals surface area contributed by atoms with E-state index in [1.54, 1.807) is 23.7 Å². The van der Waals surface area contributed by atoms with Crippen molar-refractivity contribution in [3.63, 3.8) is 0 Å². The topological polar surface area (TPSA) is 38.7 Å². The van der Waals surface area contributed by atoms with Crippen LogP contribution in [0.5, 0.6) is 0 Å². The number of aromatic nitrogens is 3. The van der Waals surface area contributed by atoms with Gasteiger partial charge >= 0.3 is 0 Å². The van der Waals surface area contributed by atoms with Gasteiger partial charge in [0.15, 0.2) is 5.82 Å². The van der Waals surface area contributed by atoms with Gasteiger partial charge in [-0.3, -0.25) is 4.98 Å². The Hall–Kier alpha value is -2.30. The van der Waals surface area contributed by atoms with Crippen molar-refractivity contribution in [1.82, 2.24) is 15.0 Å². The summed E-state index contributed by atoms with van der Waals surface area (Å²) in [6, 6.07) is 12.2. The highest BCUT2D eigenvalue weighted by Crippen LogP contribution is 2.37. The highest BCUT2D eigenvalue weighted by Gasteiger charge is 2.14. The number of nitrogens with zero attached hydrogens (tertiary/aromatic N) is 3. The minimum absolute atomic E-state index is 0.485. The number of hydrogen-bond acceptors (Lipinski definition) is 4. The van der Waals surface area contributed by atoms with E-state index in [4.69, 9.17) is 11.6 Å². The molecule has 0 spiro atoms. The minimum Gasteiger partial charge on any atom is -0.265 e. The van der Waals surface area contributed by atoms with Crippen molar-refractivity contribution in [2.45, 2.75) is 6.92 Å². The molecule has 1 aromatic carbocycles. The van der Waals surface area contributed by atoms with Crippen molar-refractivity contribution < 1.29 is 0 Å². The molecule has 0 aliphatic rings. The monoisotopic (exact) mass is 337 g/mol. The maximum absolute atomic E-state index is 6.48. The van der Waals surface area contributed by atoms with Crippen molar-refractivity contribution in [3.8, 4) is 22.5 Å². The first-order valence-corrected chi connectivity index (χ1v) is 8.40. The largest absolute Gasteiger partial charge is 0.265 e. The smallest absolute Gasteiger partial charge is 0.162 e. The minimum atomic E-state index is 0.485. The third kappa shape index (κ3) is 2.60. The van der Waals surface area contributed by atoms with Gasteiger partial charge in [-0.25, -0.2) is 9.97 Å². The molecule has 0 aliphatic heterocycles. The van der Waals surface area contributed by atoms with Crippen LogP contribution in [0.25, 0.3) is 32.7 Å². The van der Waals surface area contributed by atoms with E-state index in [1.165, 1.54) is 5.56 Å². The fraction of sp³-hybridized carbons (Fsp3) is 0.0556. The molecular formula is C18H12ClN3S. The van der Waals surface area contributed by atoms with Gasteiger partial charge in [0.1, 0.15) is 9.98 Å². The van der Waals surface area contributed by atoms with E-state index in [0.717, 1.165) is 26.9 Å². The lowest BCUT2D eigenvalue weighted by Gasteiger charge is -2.04. The number of fused-ring (bicyclic) bond motifs is 1. The lowest BCUT2D eigenvalue weighted by Crippen LogP contribution is -1.90. The fourth-order valence-corrected chi connectivity index (χ4v) is 3.75. The van der Waals surface area contributed by atoms with E-state index < -0.39 is 0 Å². The molecule has 3 heterocycles. The van der Waals surface area contributed by atoms with Gasteiger partial charge in [0, 0.05) is 28.9 Å². The molecular weight excluding hydrogens is 326 g/mol. The van der Waals surface area contributed by atoms with Gasteiger partial charge in [-0.15, -0.1) is 11.3 Å². The van der Waals surface area contributed by atoms with Crippen LogP contribution < -0.4 is 0 Å². The molecule has 4 aromatic rings. The number of halogens is 1. The van der Waals surface area contributed by atoms with Gasteiger partial charge in [-0.1, -0.05) is 41.4 Å². The first-order chi connectivity index (χ1) is 11.2. The van der Waals surface area contributed by atoms with E-state index >= 15 is 0 Å². The summed E-state index contributed by atoms with van der Waals surface area (Å²) in [7, 11) is 0. The van der Waals surface area contributed by atoms with Crippen LogP contribution in [0.1, 0.15) is 5.56 Å². The lowest BCUT2D eigenvalue weighted by molar-refractivity contribution is 1.22. The van der Waals surface area contributed by atoms with Crippen LogP contribution in [-0.2, 0) is 0 Å². The van der Waals surface area contributed by atoms with Crippen LogP contribution in [0.4, 0.5) is 0 Å². The van der Waals surface area contributed by atoms with E-state index in [9.17, 15) is 0 Å². The van der Waals surface area contributed by atoms with Crippen LogP contribution in [0.15, 0.2) is 54.2 Å². The zero-order valence-electron chi connectivity index (χ0n) is 12.3. The Balaban J connectivity index is 1.89. The van der Waals surface area contributed by atoms with Crippen molar-refractivity contribution >= 4 is 33.2 Å². The van der Waals surface area contributed by atoms with Crippen molar-refractivity contribution in [2.75, 3.05) is 0 Å². The van der Waals surface area contributed by atoms with Gasteiger partial charge in [-0.2, -0.15) is 0 Å². The summed E-state index contributed by atoms with van der Waals surface area (Å²) < 4.78 is 0. The normalized spacial score (nSPS) is 11.0. The third-order valence-corrected chi connectivity index (χ3v) is 4.84. The number of rotatable bonds is 2. The SMILES string of the molecule is Cc1ccc(-c2csc3nc(-c4ccncc4)nc(Cl)c23)cc1. The van der Waals surface area contributed by atoms with Crippen LogP contribution in [0.3, 0.4) is 0 Å². The molecule has 0 saturated heterocycles. The van der Waals surface area contributed by atoms with Gasteiger partial charge in [-0.05, 0) is 24.6 Å². The summed E-state index contributed by atoms with van der Waals surface area (Å²) >= 11 is 8.06. The molecule has 4 rings (SSSR count). The van der Waals surface area contributed by atoms with E-state index in [2.05, 4.69) is 51.5 Å².